The van der Waals surface area contributed by atoms with Gasteiger partial charge in [0.05, 0.1) is 17.2 Å². The first-order valence-electron chi connectivity index (χ1n) is 10.6. The summed E-state index contributed by atoms with van der Waals surface area (Å²) in [5.74, 6) is 0.539. The van der Waals surface area contributed by atoms with Crippen LogP contribution in [0.3, 0.4) is 0 Å². The largest absolute Gasteiger partial charge is 0.473 e. The van der Waals surface area contributed by atoms with Crippen molar-refractivity contribution in [2.75, 3.05) is 13.1 Å². The Morgan fingerprint density at radius 2 is 1.71 bits per heavy atom. The third kappa shape index (κ3) is 4.28. The smallest absolute Gasteiger partial charge is 0.317 e. The van der Waals surface area contributed by atoms with Gasteiger partial charge in [0, 0.05) is 32.5 Å². The number of piperidine rings is 1. The SMILES string of the molecule is O=C(NCc1cccc2ccccc12)N1CCC(Oc2cnc3ccccc3n2)CC1. The van der Waals surface area contributed by atoms with Gasteiger partial charge in [-0.25, -0.2) is 14.8 Å². The van der Waals surface area contributed by atoms with E-state index in [9.17, 15) is 4.79 Å². The van der Waals surface area contributed by atoms with E-state index in [1.54, 1.807) is 6.20 Å². The van der Waals surface area contributed by atoms with Crippen molar-refractivity contribution in [3.05, 3.63) is 78.5 Å². The van der Waals surface area contributed by atoms with Crippen molar-refractivity contribution in [2.24, 2.45) is 0 Å². The molecule has 2 heterocycles. The molecule has 6 nitrogen and oxygen atoms in total. The minimum atomic E-state index is -0.0307. The summed E-state index contributed by atoms with van der Waals surface area (Å²) in [5.41, 5.74) is 2.80. The number of para-hydroxylation sites is 2. The lowest BCUT2D eigenvalue weighted by molar-refractivity contribution is 0.107. The van der Waals surface area contributed by atoms with Crippen LogP contribution in [0.5, 0.6) is 5.88 Å². The maximum atomic E-state index is 12.7. The minimum Gasteiger partial charge on any atom is -0.473 e. The number of carbonyl (C=O) groups is 1. The average molecular weight is 412 g/mol. The Kier molecular flexibility index (Phi) is 5.35. The quantitative estimate of drug-likeness (QED) is 0.535. The number of rotatable bonds is 4. The van der Waals surface area contributed by atoms with Gasteiger partial charge < -0.3 is 15.0 Å². The van der Waals surface area contributed by atoms with Crippen LogP contribution in [0.4, 0.5) is 4.79 Å². The highest BCUT2D eigenvalue weighted by Gasteiger charge is 2.24. The summed E-state index contributed by atoms with van der Waals surface area (Å²) < 4.78 is 6.04. The summed E-state index contributed by atoms with van der Waals surface area (Å²) in [6, 6.07) is 22.1. The van der Waals surface area contributed by atoms with Gasteiger partial charge >= 0.3 is 6.03 Å². The van der Waals surface area contributed by atoms with Crippen LogP contribution >= 0.6 is 0 Å². The van der Waals surface area contributed by atoms with Gasteiger partial charge in [-0.2, -0.15) is 0 Å². The number of aromatic nitrogens is 2. The van der Waals surface area contributed by atoms with Gasteiger partial charge in [-0.3, -0.25) is 0 Å². The predicted octanol–water partition coefficient (Wildman–Crippen LogP) is 4.54. The summed E-state index contributed by atoms with van der Waals surface area (Å²) in [5, 5.41) is 5.43. The Bertz CT molecular complexity index is 1210. The van der Waals surface area contributed by atoms with E-state index in [1.165, 1.54) is 10.8 Å². The Morgan fingerprint density at radius 3 is 2.58 bits per heavy atom. The molecule has 156 valence electrons. The van der Waals surface area contributed by atoms with Crippen molar-refractivity contribution in [2.45, 2.75) is 25.5 Å². The van der Waals surface area contributed by atoms with Crippen LogP contribution in [0, 0.1) is 0 Å². The van der Waals surface area contributed by atoms with E-state index >= 15 is 0 Å². The van der Waals surface area contributed by atoms with Crippen LogP contribution in [0.15, 0.2) is 72.9 Å². The summed E-state index contributed by atoms with van der Waals surface area (Å²) in [6.07, 6.45) is 3.26. The summed E-state index contributed by atoms with van der Waals surface area (Å²) in [4.78, 5) is 23.5. The number of amides is 2. The van der Waals surface area contributed by atoms with Gasteiger partial charge in [-0.15, -0.1) is 0 Å². The normalized spacial score (nSPS) is 14.6. The lowest BCUT2D eigenvalue weighted by Gasteiger charge is -2.32. The number of urea groups is 1. The van der Waals surface area contributed by atoms with Crippen LogP contribution < -0.4 is 10.1 Å². The summed E-state index contributed by atoms with van der Waals surface area (Å²) in [6.45, 7) is 1.84. The van der Waals surface area contributed by atoms with Gasteiger partial charge in [0.1, 0.15) is 6.10 Å². The number of ether oxygens (including phenoxy) is 1. The molecule has 1 aromatic heterocycles. The molecule has 4 aromatic rings. The number of benzene rings is 3. The van der Waals surface area contributed by atoms with Crippen molar-refractivity contribution < 1.29 is 9.53 Å². The molecule has 0 radical (unpaired) electrons. The molecule has 2 amide bonds. The van der Waals surface area contributed by atoms with E-state index in [1.807, 2.05) is 47.4 Å². The average Bonchev–Trinajstić information content (AvgIpc) is 2.83. The first kappa shape index (κ1) is 19.3. The fraction of sp³-hybridized carbons (Fsp3) is 0.240. The molecule has 31 heavy (non-hydrogen) atoms. The second-order valence-electron chi connectivity index (χ2n) is 7.80. The molecule has 0 bridgehead atoms. The van der Waals surface area contributed by atoms with Crippen molar-refractivity contribution in [3.63, 3.8) is 0 Å². The van der Waals surface area contributed by atoms with E-state index in [0.717, 1.165) is 29.4 Å². The first-order valence-corrected chi connectivity index (χ1v) is 10.6. The molecule has 0 atom stereocenters. The van der Waals surface area contributed by atoms with Crippen LogP contribution in [0.25, 0.3) is 21.8 Å². The molecule has 1 fully saturated rings. The second-order valence-corrected chi connectivity index (χ2v) is 7.80. The van der Waals surface area contributed by atoms with Crippen LogP contribution in [-0.2, 0) is 6.54 Å². The lowest BCUT2D eigenvalue weighted by Crippen LogP contribution is -2.46. The van der Waals surface area contributed by atoms with Crippen molar-refractivity contribution >= 4 is 27.8 Å². The number of nitrogens with one attached hydrogen (secondary N) is 1. The fourth-order valence-corrected chi connectivity index (χ4v) is 4.07. The molecular formula is C25H24N4O2. The molecule has 0 aliphatic carbocycles. The zero-order valence-corrected chi connectivity index (χ0v) is 17.2. The standard InChI is InChI=1S/C25H24N4O2/c30-25(27-16-19-8-5-7-18-6-1-2-9-21(18)19)29-14-12-20(13-15-29)31-24-17-26-22-10-3-4-11-23(22)28-24/h1-11,17,20H,12-16H2,(H,27,30). The predicted molar refractivity (Wildman–Crippen MR) is 121 cm³/mol. The Hall–Kier alpha value is -3.67. The van der Waals surface area contributed by atoms with Crippen molar-refractivity contribution in [1.82, 2.24) is 20.2 Å². The number of hydrogen-bond donors (Lipinski definition) is 1. The van der Waals surface area contributed by atoms with E-state index in [0.29, 0.717) is 25.5 Å². The van der Waals surface area contributed by atoms with Crippen molar-refractivity contribution in [3.8, 4) is 5.88 Å². The third-order valence-corrected chi connectivity index (χ3v) is 5.75. The molecule has 0 unspecified atom stereocenters. The Labute approximate surface area is 180 Å². The maximum absolute atomic E-state index is 12.7. The number of nitrogens with zero attached hydrogens (tertiary/aromatic N) is 3. The third-order valence-electron chi connectivity index (χ3n) is 5.75. The summed E-state index contributed by atoms with van der Waals surface area (Å²) >= 11 is 0. The Morgan fingerprint density at radius 1 is 0.968 bits per heavy atom. The Balaban J connectivity index is 1.15. The van der Waals surface area contributed by atoms with Crippen LogP contribution in [-0.4, -0.2) is 40.1 Å². The van der Waals surface area contributed by atoms with Crippen molar-refractivity contribution in [1.29, 1.82) is 0 Å². The highest BCUT2D eigenvalue weighted by atomic mass is 16.5. The van der Waals surface area contributed by atoms with E-state index in [4.69, 9.17) is 4.74 Å². The van der Waals surface area contributed by atoms with E-state index < -0.39 is 0 Å². The number of likely N-dealkylation sites (tertiary alicyclic amines) is 1. The van der Waals surface area contributed by atoms with E-state index in [-0.39, 0.29) is 12.1 Å². The zero-order valence-electron chi connectivity index (χ0n) is 17.2. The highest BCUT2D eigenvalue weighted by Crippen LogP contribution is 2.20. The second kappa shape index (κ2) is 8.60. The van der Waals surface area contributed by atoms with Crippen LogP contribution in [0.1, 0.15) is 18.4 Å². The maximum Gasteiger partial charge on any atom is 0.317 e. The molecule has 0 saturated carbocycles. The first-order chi connectivity index (χ1) is 15.3. The zero-order chi connectivity index (χ0) is 21.0. The summed E-state index contributed by atoms with van der Waals surface area (Å²) in [7, 11) is 0. The molecule has 1 aliphatic heterocycles. The molecule has 5 rings (SSSR count). The topological polar surface area (TPSA) is 67.4 Å². The van der Waals surface area contributed by atoms with Gasteiger partial charge in [0.15, 0.2) is 0 Å². The fourth-order valence-electron chi connectivity index (χ4n) is 4.07. The molecular weight excluding hydrogens is 388 g/mol. The molecule has 3 aromatic carbocycles. The molecule has 1 aliphatic rings. The van der Waals surface area contributed by atoms with Gasteiger partial charge in [-0.1, -0.05) is 54.6 Å². The monoisotopic (exact) mass is 412 g/mol. The van der Waals surface area contributed by atoms with E-state index in [2.05, 4.69) is 39.6 Å². The highest BCUT2D eigenvalue weighted by molar-refractivity contribution is 5.86. The number of fused-ring (bicyclic) bond motifs is 2. The molecule has 0 spiro atoms. The van der Waals surface area contributed by atoms with Gasteiger partial charge in [0.25, 0.3) is 0 Å². The van der Waals surface area contributed by atoms with Gasteiger partial charge in [-0.05, 0) is 28.5 Å². The number of hydrogen-bond acceptors (Lipinski definition) is 4. The molecule has 6 heteroatoms. The van der Waals surface area contributed by atoms with Gasteiger partial charge in [0.2, 0.25) is 5.88 Å². The minimum absolute atomic E-state index is 0.0307. The molecule has 1 saturated heterocycles. The van der Waals surface area contributed by atoms with Crippen LogP contribution in [0.2, 0.25) is 0 Å². The lowest BCUT2D eigenvalue weighted by atomic mass is 10.0. The number of carbonyl (C=O) groups excluding carboxylic acids is 1. The molecule has 1 N–H and O–H groups in total.